The van der Waals surface area contributed by atoms with Gasteiger partial charge in [0.2, 0.25) is 0 Å². The van der Waals surface area contributed by atoms with E-state index in [-0.39, 0.29) is 6.42 Å². The number of rotatable bonds is 6. The van der Waals surface area contributed by atoms with Gasteiger partial charge >= 0.3 is 5.97 Å². The molecule has 0 aromatic heterocycles. The normalized spacial score (nSPS) is 31.4. The molecule has 3 fully saturated rings. The van der Waals surface area contributed by atoms with Crippen LogP contribution in [0.25, 0.3) is 0 Å². The summed E-state index contributed by atoms with van der Waals surface area (Å²) < 4.78 is 0. The third-order valence-corrected chi connectivity index (χ3v) is 8.19. The molecule has 2 aromatic carbocycles. The largest absolute Gasteiger partial charge is 0.508 e. The number of benzene rings is 2. The molecule has 3 aliphatic carbocycles. The minimum absolute atomic E-state index is 0.151. The third kappa shape index (κ3) is 4.17. The molecule has 0 aliphatic heterocycles. The highest BCUT2D eigenvalue weighted by atomic mass is 16.4. The first kappa shape index (κ1) is 20.4. The number of hydrogen-bond acceptors (Lipinski definition) is 3. The molecule has 6 atom stereocenters. The Bertz CT molecular complexity index is 945. The molecule has 3 aliphatic rings. The Morgan fingerprint density at radius 2 is 1.68 bits per heavy atom. The smallest absolute Gasteiger partial charge is 0.303 e. The van der Waals surface area contributed by atoms with Gasteiger partial charge < -0.3 is 15.5 Å². The summed E-state index contributed by atoms with van der Waals surface area (Å²) in [5, 5.41) is 23.1. The lowest BCUT2D eigenvalue weighted by atomic mass is 9.50. The Morgan fingerprint density at radius 1 is 0.968 bits per heavy atom. The maximum Gasteiger partial charge on any atom is 0.303 e. The predicted molar refractivity (Wildman–Crippen MR) is 123 cm³/mol. The van der Waals surface area contributed by atoms with Crippen LogP contribution in [0.15, 0.2) is 42.5 Å². The second kappa shape index (κ2) is 8.22. The van der Waals surface area contributed by atoms with Gasteiger partial charge in [-0.3, -0.25) is 4.79 Å². The van der Waals surface area contributed by atoms with Crippen LogP contribution in [-0.4, -0.2) is 16.2 Å². The molecule has 0 amide bonds. The first-order chi connectivity index (χ1) is 15.0. The predicted octanol–water partition coefficient (Wildman–Crippen LogP) is 6.33. The molecule has 0 radical (unpaired) electrons. The average Bonchev–Trinajstić information content (AvgIpc) is 2.73. The lowest BCUT2D eigenvalue weighted by molar-refractivity contribution is -0.136. The molecule has 4 heteroatoms. The number of nitrogens with one attached hydrogen (secondary N) is 1. The topological polar surface area (TPSA) is 69.6 Å². The molecule has 2 aromatic rings. The van der Waals surface area contributed by atoms with Crippen LogP contribution < -0.4 is 5.32 Å². The summed E-state index contributed by atoms with van der Waals surface area (Å²) in [6.07, 6.45) is 7.46. The summed E-state index contributed by atoms with van der Waals surface area (Å²) in [5.74, 6) is 4.16. The number of hydrogen-bond donors (Lipinski definition) is 3. The van der Waals surface area contributed by atoms with Crippen LogP contribution in [-0.2, 0) is 11.2 Å². The molecular formula is C27H33NO3. The van der Waals surface area contributed by atoms with Crippen molar-refractivity contribution in [2.75, 3.05) is 5.32 Å². The van der Waals surface area contributed by atoms with Crippen LogP contribution in [0.1, 0.15) is 62.5 Å². The van der Waals surface area contributed by atoms with Crippen molar-refractivity contribution in [1.29, 1.82) is 0 Å². The number of fused-ring (bicyclic) bond motifs is 2. The van der Waals surface area contributed by atoms with Crippen molar-refractivity contribution in [1.82, 2.24) is 0 Å². The molecule has 6 unspecified atom stereocenters. The number of aryl methyl sites for hydroxylation is 1. The molecule has 0 heterocycles. The molecule has 3 bridgehead atoms. The maximum atomic E-state index is 10.8. The van der Waals surface area contributed by atoms with E-state index in [1.165, 1.54) is 32.1 Å². The number of carboxylic acids is 1. The van der Waals surface area contributed by atoms with Crippen LogP contribution in [0.3, 0.4) is 0 Å². The van der Waals surface area contributed by atoms with E-state index in [1.54, 1.807) is 0 Å². The molecule has 3 N–H and O–H groups in total. The number of phenols is 1. The second-order valence-electron chi connectivity index (χ2n) is 10.3. The van der Waals surface area contributed by atoms with E-state index in [2.05, 4.69) is 18.3 Å². The fraction of sp³-hybridized carbons (Fsp3) is 0.519. The van der Waals surface area contributed by atoms with Gasteiger partial charge in [-0.2, -0.15) is 0 Å². The fourth-order valence-electron chi connectivity index (χ4n) is 7.14. The highest BCUT2D eigenvalue weighted by Crippen LogP contribution is 2.60. The monoisotopic (exact) mass is 419 g/mol. The Kier molecular flexibility index (Phi) is 5.41. The van der Waals surface area contributed by atoms with Crippen molar-refractivity contribution >= 4 is 17.3 Å². The van der Waals surface area contributed by atoms with Crippen LogP contribution >= 0.6 is 0 Å². The van der Waals surface area contributed by atoms with Crippen molar-refractivity contribution in [3.05, 3.63) is 53.6 Å². The number of anilines is 2. The lowest BCUT2D eigenvalue weighted by Gasteiger charge is -2.55. The van der Waals surface area contributed by atoms with E-state index in [0.29, 0.717) is 24.0 Å². The van der Waals surface area contributed by atoms with Crippen LogP contribution in [0, 0.1) is 29.6 Å². The summed E-state index contributed by atoms with van der Waals surface area (Å²) in [6.45, 7) is 2.44. The van der Waals surface area contributed by atoms with E-state index in [0.717, 1.165) is 46.2 Å². The number of aromatic hydroxyl groups is 1. The summed E-state index contributed by atoms with van der Waals surface area (Å²) >= 11 is 0. The van der Waals surface area contributed by atoms with E-state index in [1.807, 2.05) is 36.4 Å². The quantitative estimate of drug-likeness (QED) is 0.479. The Morgan fingerprint density at radius 3 is 2.42 bits per heavy atom. The number of carbonyl (C=O) groups is 1. The summed E-state index contributed by atoms with van der Waals surface area (Å²) in [4.78, 5) is 10.8. The van der Waals surface area contributed by atoms with Crippen LogP contribution in [0.2, 0.25) is 0 Å². The van der Waals surface area contributed by atoms with E-state index in [9.17, 15) is 9.90 Å². The standard InChI is InChI=1S/C27H33NO3/c1-16-10-18-11-19-13-20(12-18)27(16)24(14-19)23-15-22(7-8-25(23)29)28-21-5-2-17(3-6-21)4-9-26(30)31/h2-3,5-8,15-16,18-20,24,27-29H,4,9-14H2,1H3,(H,30,31). The lowest BCUT2D eigenvalue weighted by Crippen LogP contribution is -2.45. The summed E-state index contributed by atoms with van der Waals surface area (Å²) in [6, 6.07) is 13.9. The number of aliphatic carboxylic acids is 1. The number of carboxylic acid groups (broad SMARTS) is 1. The molecule has 3 saturated carbocycles. The molecule has 4 nitrogen and oxygen atoms in total. The fourth-order valence-corrected chi connectivity index (χ4v) is 7.14. The Balaban J connectivity index is 1.35. The molecule has 31 heavy (non-hydrogen) atoms. The van der Waals surface area contributed by atoms with E-state index >= 15 is 0 Å². The Hall–Kier alpha value is -2.49. The zero-order chi connectivity index (χ0) is 21.5. The Labute approximate surface area is 184 Å². The van der Waals surface area contributed by atoms with Gasteiger partial charge in [0.1, 0.15) is 5.75 Å². The molecular weight excluding hydrogens is 386 g/mol. The van der Waals surface area contributed by atoms with Crippen molar-refractivity contribution in [3.8, 4) is 5.75 Å². The molecule has 0 spiro atoms. The van der Waals surface area contributed by atoms with Gasteiger partial charge in [0.05, 0.1) is 0 Å². The molecule has 5 rings (SSSR count). The van der Waals surface area contributed by atoms with E-state index in [4.69, 9.17) is 5.11 Å². The van der Waals surface area contributed by atoms with Gasteiger partial charge in [0.15, 0.2) is 0 Å². The average molecular weight is 420 g/mol. The zero-order valence-corrected chi connectivity index (χ0v) is 18.3. The summed E-state index contributed by atoms with van der Waals surface area (Å²) in [5.41, 5.74) is 4.13. The minimum atomic E-state index is -0.770. The zero-order valence-electron chi connectivity index (χ0n) is 18.3. The van der Waals surface area contributed by atoms with Gasteiger partial charge in [-0.25, -0.2) is 0 Å². The minimum Gasteiger partial charge on any atom is -0.508 e. The first-order valence-electron chi connectivity index (χ1n) is 11.9. The van der Waals surface area contributed by atoms with Gasteiger partial charge in [-0.15, -0.1) is 0 Å². The van der Waals surface area contributed by atoms with Crippen LogP contribution in [0.4, 0.5) is 11.4 Å². The highest BCUT2D eigenvalue weighted by molar-refractivity contribution is 5.67. The van der Waals surface area contributed by atoms with Crippen molar-refractivity contribution < 1.29 is 15.0 Å². The van der Waals surface area contributed by atoms with E-state index < -0.39 is 5.97 Å². The second-order valence-corrected chi connectivity index (χ2v) is 10.3. The highest BCUT2D eigenvalue weighted by Gasteiger charge is 2.49. The third-order valence-electron chi connectivity index (χ3n) is 8.19. The van der Waals surface area contributed by atoms with Crippen molar-refractivity contribution in [2.45, 2.75) is 57.8 Å². The maximum absolute atomic E-state index is 10.8. The number of phenolic OH excluding ortho intramolecular Hbond substituents is 1. The molecule has 0 saturated heterocycles. The van der Waals surface area contributed by atoms with Crippen molar-refractivity contribution in [2.24, 2.45) is 29.6 Å². The summed E-state index contributed by atoms with van der Waals surface area (Å²) in [7, 11) is 0. The van der Waals surface area contributed by atoms with Gasteiger partial charge in [0, 0.05) is 17.8 Å². The van der Waals surface area contributed by atoms with Gasteiger partial charge in [-0.05, 0) is 115 Å². The van der Waals surface area contributed by atoms with Gasteiger partial charge in [0.25, 0.3) is 0 Å². The van der Waals surface area contributed by atoms with Gasteiger partial charge in [-0.1, -0.05) is 19.1 Å². The first-order valence-corrected chi connectivity index (χ1v) is 11.9. The van der Waals surface area contributed by atoms with Crippen LogP contribution in [0.5, 0.6) is 5.75 Å². The van der Waals surface area contributed by atoms with Crippen molar-refractivity contribution in [3.63, 3.8) is 0 Å². The molecule has 164 valence electrons. The SMILES string of the molecule is CC1CC2CC3CC(C2)C1C(c1cc(Nc2ccc(CCC(=O)O)cc2)ccc1O)C3.